The van der Waals surface area contributed by atoms with Crippen LogP contribution in [0.3, 0.4) is 0 Å². The summed E-state index contributed by atoms with van der Waals surface area (Å²) in [6, 6.07) is 5.78. The number of halogens is 1. The van der Waals surface area contributed by atoms with Crippen LogP contribution in [-0.4, -0.2) is 29.3 Å². The lowest BCUT2D eigenvalue weighted by Crippen LogP contribution is -2.54. The van der Waals surface area contributed by atoms with Crippen molar-refractivity contribution in [2.75, 3.05) is 13.1 Å². The fourth-order valence-electron chi connectivity index (χ4n) is 3.97. The Kier molecular flexibility index (Phi) is 4.37. The maximum absolute atomic E-state index is 13.2. The summed E-state index contributed by atoms with van der Waals surface area (Å²) in [6.45, 7) is 4.13. The molecule has 2 aliphatic rings. The van der Waals surface area contributed by atoms with Crippen LogP contribution in [0.25, 0.3) is 0 Å². The summed E-state index contributed by atoms with van der Waals surface area (Å²) < 4.78 is 0. The van der Waals surface area contributed by atoms with Gasteiger partial charge in [-0.25, -0.2) is 0 Å². The Balaban J connectivity index is 1.92. The zero-order valence-corrected chi connectivity index (χ0v) is 13.6. The average molecular weight is 306 g/mol. The highest BCUT2D eigenvalue weighted by molar-refractivity contribution is 6.31. The summed E-state index contributed by atoms with van der Waals surface area (Å²) in [5.74, 6) is 0.295. The van der Waals surface area contributed by atoms with Crippen molar-refractivity contribution in [2.45, 2.75) is 57.4 Å². The normalized spacial score (nSPS) is 22.4. The zero-order chi connectivity index (χ0) is 14.9. The second-order valence-electron chi connectivity index (χ2n) is 6.58. The van der Waals surface area contributed by atoms with E-state index in [2.05, 4.69) is 4.90 Å². The lowest BCUT2D eigenvalue weighted by Gasteiger charge is -2.42. The quantitative estimate of drug-likeness (QED) is 0.759. The van der Waals surface area contributed by atoms with Crippen molar-refractivity contribution in [1.82, 2.24) is 4.90 Å². The van der Waals surface area contributed by atoms with E-state index in [1.807, 2.05) is 25.1 Å². The number of hydrogen-bond donors (Lipinski definition) is 0. The minimum absolute atomic E-state index is 0.251. The van der Waals surface area contributed by atoms with Crippen LogP contribution in [0.5, 0.6) is 0 Å². The number of nitrogens with zero attached hydrogens (tertiary/aromatic N) is 1. The molecule has 0 amide bonds. The van der Waals surface area contributed by atoms with Gasteiger partial charge in [0.25, 0.3) is 0 Å². The average Bonchev–Trinajstić information content (AvgIpc) is 3.01. The molecule has 0 radical (unpaired) electrons. The number of likely N-dealkylation sites (tertiary alicyclic amines) is 1. The number of benzene rings is 1. The second-order valence-corrected chi connectivity index (χ2v) is 6.99. The van der Waals surface area contributed by atoms with Gasteiger partial charge in [-0.3, -0.25) is 9.69 Å². The van der Waals surface area contributed by atoms with E-state index in [9.17, 15) is 4.79 Å². The third-order valence-electron chi connectivity index (χ3n) is 5.25. The van der Waals surface area contributed by atoms with E-state index in [0.717, 1.165) is 37.1 Å². The summed E-state index contributed by atoms with van der Waals surface area (Å²) in [4.78, 5) is 15.7. The van der Waals surface area contributed by atoms with Gasteiger partial charge in [0, 0.05) is 10.6 Å². The molecule has 2 fully saturated rings. The van der Waals surface area contributed by atoms with Gasteiger partial charge in [-0.05, 0) is 57.3 Å². The van der Waals surface area contributed by atoms with E-state index in [-0.39, 0.29) is 5.54 Å². The smallest absolute Gasteiger partial charge is 0.183 e. The standard InChI is InChI=1S/C18H24ClNO/c1-14-7-8-15(13-16(14)19)17(21)18(9-3-4-10-18)20-11-5-2-6-12-20/h7-8,13H,2-6,9-12H2,1H3. The zero-order valence-electron chi connectivity index (χ0n) is 12.8. The van der Waals surface area contributed by atoms with E-state index in [0.29, 0.717) is 10.8 Å². The Morgan fingerprint density at radius 2 is 1.76 bits per heavy atom. The van der Waals surface area contributed by atoms with Crippen molar-refractivity contribution in [2.24, 2.45) is 0 Å². The first-order chi connectivity index (χ1) is 10.1. The summed E-state index contributed by atoms with van der Waals surface area (Å²) in [5.41, 5.74) is 1.57. The number of Topliss-reactive ketones (excluding diaryl/α,β-unsaturated/α-hetero) is 1. The molecule has 1 heterocycles. The van der Waals surface area contributed by atoms with E-state index < -0.39 is 0 Å². The highest BCUT2D eigenvalue weighted by Crippen LogP contribution is 2.40. The van der Waals surface area contributed by atoms with Gasteiger partial charge in [0.15, 0.2) is 5.78 Å². The SMILES string of the molecule is Cc1ccc(C(=O)C2(N3CCCCC3)CCCC2)cc1Cl. The van der Waals surface area contributed by atoms with Crippen molar-refractivity contribution in [1.29, 1.82) is 0 Å². The van der Waals surface area contributed by atoms with Gasteiger partial charge in [0.2, 0.25) is 0 Å². The van der Waals surface area contributed by atoms with Crippen LogP contribution in [0.4, 0.5) is 0 Å². The number of piperidine rings is 1. The van der Waals surface area contributed by atoms with Gasteiger partial charge in [0.05, 0.1) is 5.54 Å². The number of hydrogen-bond acceptors (Lipinski definition) is 2. The van der Waals surface area contributed by atoms with Crippen LogP contribution >= 0.6 is 11.6 Å². The first kappa shape index (κ1) is 15.1. The van der Waals surface area contributed by atoms with E-state index in [1.165, 1.54) is 32.1 Å². The van der Waals surface area contributed by atoms with Gasteiger partial charge in [-0.15, -0.1) is 0 Å². The van der Waals surface area contributed by atoms with Crippen LogP contribution in [0, 0.1) is 6.92 Å². The summed E-state index contributed by atoms with van der Waals surface area (Å²) >= 11 is 6.23. The van der Waals surface area contributed by atoms with Crippen molar-refractivity contribution in [3.05, 3.63) is 34.3 Å². The molecule has 3 rings (SSSR count). The maximum Gasteiger partial charge on any atom is 0.183 e. The first-order valence-electron chi connectivity index (χ1n) is 8.19. The predicted octanol–water partition coefficient (Wildman–Crippen LogP) is 4.63. The number of carbonyl (C=O) groups excluding carboxylic acids is 1. The van der Waals surface area contributed by atoms with Gasteiger partial charge in [-0.2, -0.15) is 0 Å². The molecule has 1 aliphatic heterocycles. The lowest BCUT2D eigenvalue weighted by molar-refractivity contribution is 0.0477. The van der Waals surface area contributed by atoms with Crippen molar-refractivity contribution >= 4 is 17.4 Å². The molecular weight excluding hydrogens is 282 g/mol. The molecule has 0 bridgehead atoms. The minimum Gasteiger partial charge on any atom is -0.292 e. The molecule has 0 N–H and O–H groups in total. The van der Waals surface area contributed by atoms with E-state index >= 15 is 0 Å². The Hall–Kier alpha value is -0.860. The molecule has 0 aromatic heterocycles. The number of aryl methyl sites for hydroxylation is 1. The highest BCUT2D eigenvalue weighted by Gasteiger charge is 2.46. The Morgan fingerprint density at radius 1 is 1.10 bits per heavy atom. The van der Waals surface area contributed by atoms with Crippen LogP contribution < -0.4 is 0 Å². The number of carbonyl (C=O) groups is 1. The first-order valence-corrected chi connectivity index (χ1v) is 8.57. The fourth-order valence-corrected chi connectivity index (χ4v) is 4.15. The third-order valence-corrected chi connectivity index (χ3v) is 5.66. The Morgan fingerprint density at radius 3 is 2.38 bits per heavy atom. The monoisotopic (exact) mass is 305 g/mol. The molecule has 1 aromatic rings. The van der Waals surface area contributed by atoms with Crippen LogP contribution in [0.15, 0.2) is 18.2 Å². The molecule has 1 aliphatic carbocycles. The molecule has 114 valence electrons. The maximum atomic E-state index is 13.2. The van der Waals surface area contributed by atoms with Gasteiger partial charge >= 0.3 is 0 Å². The molecule has 0 atom stereocenters. The molecule has 1 saturated heterocycles. The van der Waals surface area contributed by atoms with Crippen LogP contribution in [-0.2, 0) is 0 Å². The van der Waals surface area contributed by atoms with E-state index in [1.54, 1.807) is 0 Å². The minimum atomic E-state index is -0.251. The van der Waals surface area contributed by atoms with Crippen molar-refractivity contribution in [3.63, 3.8) is 0 Å². The molecule has 0 unspecified atom stereocenters. The summed E-state index contributed by atoms with van der Waals surface area (Å²) in [7, 11) is 0. The van der Waals surface area contributed by atoms with Gasteiger partial charge in [0.1, 0.15) is 0 Å². The largest absolute Gasteiger partial charge is 0.292 e. The molecule has 21 heavy (non-hydrogen) atoms. The van der Waals surface area contributed by atoms with Crippen molar-refractivity contribution < 1.29 is 4.79 Å². The fraction of sp³-hybridized carbons (Fsp3) is 0.611. The molecule has 2 nitrogen and oxygen atoms in total. The Bertz CT molecular complexity index is 528. The summed E-state index contributed by atoms with van der Waals surface area (Å²) in [5, 5.41) is 0.702. The highest BCUT2D eigenvalue weighted by atomic mass is 35.5. The van der Waals surface area contributed by atoms with Gasteiger partial charge in [-0.1, -0.05) is 43.0 Å². The number of ketones is 1. The second kappa shape index (κ2) is 6.10. The molecule has 3 heteroatoms. The molecule has 1 saturated carbocycles. The lowest BCUT2D eigenvalue weighted by atomic mass is 9.84. The molecule has 0 spiro atoms. The predicted molar refractivity (Wildman–Crippen MR) is 87.1 cm³/mol. The van der Waals surface area contributed by atoms with Crippen LogP contribution in [0.2, 0.25) is 5.02 Å². The van der Waals surface area contributed by atoms with E-state index in [4.69, 9.17) is 11.6 Å². The number of rotatable bonds is 3. The third kappa shape index (κ3) is 2.76. The Labute approximate surface area is 132 Å². The molecule has 1 aromatic carbocycles. The molecular formula is C18H24ClNO. The van der Waals surface area contributed by atoms with Crippen molar-refractivity contribution in [3.8, 4) is 0 Å². The topological polar surface area (TPSA) is 20.3 Å². The van der Waals surface area contributed by atoms with Crippen LogP contribution in [0.1, 0.15) is 60.9 Å². The van der Waals surface area contributed by atoms with Gasteiger partial charge < -0.3 is 0 Å². The summed E-state index contributed by atoms with van der Waals surface area (Å²) in [6.07, 6.45) is 8.11.